The number of amides is 2. The summed E-state index contributed by atoms with van der Waals surface area (Å²) in [6.07, 6.45) is 0.0158. The van der Waals surface area contributed by atoms with Crippen molar-refractivity contribution in [1.29, 1.82) is 0 Å². The topological polar surface area (TPSA) is 101 Å². The van der Waals surface area contributed by atoms with Gasteiger partial charge in [-0.3, -0.25) is 9.59 Å². The smallest absolute Gasteiger partial charge is 0.338 e. The molecule has 1 aliphatic heterocycles. The Morgan fingerprint density at radius 1 is 1.09 bits per heavy atom. The van der Waals surface area contributed by atoms with Gasteiger partial charge in [0, 0.05) is 5.54 Å². The second-order valence-corrected chi connectivity index (χ2v) is 10.3. The number of hydrogen-bond donors (Lipinski definition) is 0. The third-order valence-corrected chi connectivity index (χ3v) is 8.01. The minimum atomic E-state index is -4.25. The third-order valence-electron chi connectivity index (χ3n) is 5.87. The van der Waals surface area contributed by atoms with Crippen LogP contribution in [0.15, 0.2) is 53.4 Å². The molecule has 0 N–H and O–H groups in total. The van der Waals surface area contributed by atoms with Crippen LogP contribution in [0.1, 0.15) is 50.9 Å². The molecule has 182 valence electrons. The molecule has 10 heteroatoms. The van der Waals surface area contributed by atoms with E-state index in [1.807, 2.05) is 0 Å². The second kappa shape index (κ2) is 9.63. The van der Waals surface area contributed by atoms with E-state index in [-0.39, 0.29) is 29.2 Å². The largest absolute Gasteiger partial charge is 0.462 e. The highest BCUT2D eigenvalue weighted by Crippen LogP contribution is 2.35. The van der Waals surface area contributed by atoms with Crippen LogP contribution in [0.3, 0.4) is 0 Å². The molecule has 2 aromatic carbocycles. The lowest BCUT2D eigenvalue weighted by atomic mass is 10.00. The number of carbonyl (C=O) groups excluding carboxylic acids is 3. The van der Waals surface area contributed by atoms with Crippen molar-refractivity contribution in [3.05, 3.63) is 59.9 Å². The summed E-state index contributed by atoms with van der Waals surface area (Å²) in [5.74, 6) is -2.39. The summed E-state index contributed by atoms with van der Waals surface area (Å²) >= 11 is 0. The average molecular weight is 491 g/mol. The standard InChI is InChI=1S/C24H27FN2O6S/c1-5-24(3,4)27(34(31,32)19-13-9-17(25)10-14-19)20-15-21(28)26(22(20)29)18-11-7-16(8-12-18)23(30)33-6-2/h7-14,20H,5-6,15H2,1-4H3. The molecule has 1 aliphatic rings. The van der Waals surface area contributed by atoms with Crippen LogP contribution in [-0.2, 0) is 24.3 Å². The van der Waals surface area contributed by atoms with E-state index in [9.17, 15) is 27.2 Å². The molecule has 34 heavy (non-hydrogen) atoms. The van der Waals surface area contributed by atoms with Gasteiger partial charge in [-0.25, -0.2) is 22.5 Å². The summed E-state index contributed by atoms with van der Waals surface area (Å²) in [7, 11) is -4.25. The first-order chi connectivity index (χ1) is 15.9. The Morgan fingerprint density at radius 2 is 1.68 bits per heavy atom. The van der Waals surface area contributed by atoms with Crippen molar-refractivity contribution in [1.82, 2.24) is 4.31 Å². The fourth-order valence-electron chi connectivity index (χ4n) is 3.82. The van der Waals surface area contributed by atoms with Gasteiger partial charge in [-0.15, -0.1) is 0 Å². The molecule has 0 aromatic heterocycles. The Bertz CT molecular complexity index is 1190. The van der Waals surface area contributed by atoms with Crippen LogP contribution in [0, 0.1) is 5.82 Å². The third kappa shape index (κ3) is 4.74. The average Bonchev–Trinajstić information content (AvgIpc) is 3.07. The fourth-order valence-corrected chi connectivity index (χ4v) is 5.81. The zero-order valence-corrected chi connectivity index (χ0v) is 20.3. The Balaban J connectivity index is 1.99. The van der Waals surface area contributed by atoms with Crippen molar-refractivity contribution in [2.45, 2.75) is 57.0 Å². The molecule has 0 saturated carbocycles. The Labute approximate surface area is 198 Å². The molecule has 0 radical (unpaired) electrons. The first-order valence-corrected chi connectivity index (χ1v) is 12.3. The zero-order valence-electron chi connectivity index (χ0n) is 19.4. The number of imide groups is 1. The van der Waals surface area contributed by atoms with Crippen molar-refractivity contribution < 1.29 is 31.9 Å². The molecule has 0 bridgehead atoms. The number of halogens is 1. The van der Waals surface area contributed by atoms with Gasteiger partial charge >= 0.3 is 5.97 Å². The van der Waals surface area contributed by atoms with Crippen LogP contribution in [-0.4, -0.2) is 48.7 Å². The molecule has 0 spiro atoms. The predicted molar refractivity (Wildman–Crippen MR) is 123 cm³/mol. The number of hydrogen-bond acceptors (Lipinski definition) is 6. The van der Waals surface area contributed by atoms with Gasteiger partial charge in [0.05, 0.1) is 29.2 Å². The zero-order chi connectivity index (χ0) is 25.3. The van der Waals surface area contributed by atoms with E-state index in [1.54, 1.807) is 27.7 Å². The molecule has 1 atom stereocenters. The van der Waals surface area contributed by atoms with Gasteiger partial charge < -0.3 is 4.74 Å². The number of rotatable bonds is 8. The number of ether oxygens (including phenoxy) is 1. The van der Waals surface area contributed by atoms with Crippen molar-refractivity contribution in [2.24, 2.45) is 0 Å². The van der Waals surface area contributed by atoms with E-state index >= 15 is 0 Å². The Hall–Kier alpha value is -3.11. The maximum atomic E-state index is 13.6. The minimum absolute atomic E-state index is 0.173. The lowest BCUT2D eigenvalue weighted by molar-refractivity contribution is -0.122. The quantitative estimate of drug-likeness (QED) is 0.415. The molecule has 0 aliphatic carbocycles. The molecule has 1 heterocycles. The number of anilines is 1. The number of esters is 1. The van der Waals surface area contributed by atoms with Gasteiger partial charge in [0.25, 0.3) is 5.91 Å². The van der Waals surface area contributed by atoms with E-state index in [0.29, 0.717) is 6.42 Å². The minimum Gasteiger partial charge on any atom is -0.462 e. The summed E-state index contributed by atoms with van der Waals surface area (Å²) in [4.78, 5) is 39.0. The molecule has 2 amide bonds. The molecule has 8 nitrogen and oxygen atoms in total. The van der Waals surface area contributed by atoms with Gasteiger partial charge in [0.15, 0.2) is 0 Å². The van der Waals surface area contributed by atoms with E-state index in [4.69, 9.17) is 4.74 Å². The van der Waals surface area contributed by atoms with Crippen LogP contribution >= 0.6 is 0 Å². The molecule has 2 aromatic rings. The number of sulfonamides is 1. The predicted octanol–water partition coefficient (Wildman–Crippen LogP) is 3.51. The van der Waals surface area contributed by atoms with Crippen LogP contribution < -0.4 is 4.90 Å². The lowest BCUT2D eigenvalue weighted by Gasteiger charge is -2.39. The van der Waals surface area contributed by atoms with Gasteiger partial charge in [-0.2, -0.15) is 4.31 Å². The first kappa shape index (κ1) is 25.5. The summed E-state index contributed by atoms with van der Waals surface area (Å²) in [6, 6.07) is 8.80. The van der Waals surface area contributed by atoms with Gasteiger partial charge in [0.1, 0.15) is 11.9 Å². The number of benzene rings is 2. The van der Waals surface area contributed by atoms with Crippen molar-refractivity contribution in [2.75, 3.05) is 11.5 Å². The summed E-state index contributed by atoms with van der Waals surface area (Å²) < 4.78 is 46.6. The van der Waals surface area contributed by atoms with Crippen LogP contribution in [0.25, 0.3) is 0 Å². The Morgan fingerprint density at radius 3 is 2.21 bits per heavy atom. The summed E-state index contributed by atoms with van der Waals surface area (Å²) in [5, 5.41) is 0. The van der Waals surface area contributed by atoms with Gasteiger partial charge in [-0.1, -0.05) is 6.92 Å². The Kier molecular flexibility index (Phi) is 7.23. The molecular weight excluding hydrogens is 463 g/mol. The molecule has 1 saturated heterocycles. The highest BCUT2D eigenvalue weighted by molar-refractivity contribution is 7.89. The first-order valence-electron chi connectivity index (χ1n) is 10.9. The SMILES string of the molecule is CCOC(=O)c1ccc(N2C(=O)CC(N(C(C)(C)CC)S(=O)(=O)c3ccc(F)cc3)C2=O)cc1. The van der Waals surface area contributed by atoms with Crippen LogP contribution in [0.2, 0.25) is 0 Å². The van der Waals surface area contributed by atoms with Crippen molar-refractivity contribution >= 4 is 33.5 Å². The summed E-state index contributed by atoms with van der Waals surface area (Å²) in [5.41, 5.74) is -0.537. The van der Waals surface area contributed by atoms with Gasteiger partial charge in [-0.05, 0) is 75.7 Å². The number of carbonyl (C=O) groups is 3. The number of nitrogens with zero attached hydrogens (tertiary/aromatic N) is 2. The van der Waals surface area contributed by atoms with Crippen LogP contribution in [0.4, 0.5) is 10.1 Å². The molecule has 3 rings (SSSR count). The van der Waals surface area contributed by atoms with E-state index in [1.165, 1.54) is 24.3 Å². The normalized spacial score (nSPS) is 16.9. The highest BCUT2D eigenvalue weighted by Gasteiger charge is 2.51. The highest BCUT2D eigenvalue weighted by atomic mass is 32.2. The van der Waals surface area contributed by atoms with Crippen molar-refractivity contribution in [3.63, 3.8) is 0 Å². The lowest BCUT2D eigenvalue weighted by Crippen LogP contribution is -2.55. The fraction of sp³-hybridized carbons (Fsp3) is 0.375. The molecule has 1 unspecified atom stereocenters. The second-order valence-electron chi connectivity index (χ2n) is 8.48. The maximum absolute atomic E-state index is 13.6. The van der Waals surface area contributed by atoms with E-state index in [0.717, 1.165) is 33.5 Å². The monoisotopic (exact) mass is 490 g/mol. The van der Waals surface area contributed by atoms with E-state index < -0.39 is 45.2 Å². The van der Waals surface area contributed by atoms with Crippen LogP contribution in [0.5, 0.6) is 0 Å². The van der Waals surface area contributed by atoms with Gasteiger partial charge in [0.2, 0.25) is 15.9 Å². The maximum Gasteiger partial charge on any atom is 0.338 e. The summed E-state index contributed by atoms with van der Waals surface area (Å²) in [6.45, 7) is 7.00. The molecule has 1 fully saturated rings. The van der Waals surface area contributed by atoms with E-state index in [2.05, 4.69) is 0 Å². The molecular formula is C24H27FN2O6S. The van der Waals surface area contributed by atoms with Crippen molar-refractivity contribution in [3.8, 4) is 0 Å².